The highest BCUT2D eigenvalue weighted by Gasteiger charge is 2.16. The van der Waals surface area contributed by atoms with Gasteiger partial charge in [0.15, 0.2) is 0 Å². The number of ether oxygens (including phenoxy) is 1. The molecular weight excluding hydrogens is 338 g/mol. The lowest BCUT2D eigenvalue weighted by atomic mass is 10.2. The number of carbonyl (C=O) groups is 1. The predicted molar refractivity (Wildman–Crippen MR) is 97.5 cm³/mol. The SMILES string of the molecule is CC(C)n1c(CCC(=O)OCc2ccccc2)cc2c(Cl)ncnc21. The molecule has 0 atom stereocenters. The molecule has 1 aromatic carbocycles. The second kappa shape index (κ2) is 7.66. The summed E-state index contributed by atoms with van der Waals surface area (Å²) in [6.07, 6.45) is 2.33. The van der Waals surface area contributed by atoms with Crippen LogP contribution in [0.4, 0.5) is 0 Å². The third-order valence-electron chi connectivity index (χ3n) is 4.01. The van der Waals surface area contributed by atoms with Gasteiger partial charge in [0.1, 0.15) is 23.7 Å². The Morgan fingerprint density at radius 3 is 2.72 bits per heavy atom. The number of fused-ring (bicyclic) bond motifs is 1. The van der Waals surface area contributed by atoms with Gasteiger partial charge < -0.3 is 9.30 Å². The van der Waals surface area contributed by atoms with Gasteiger partial charge in [0.05, 0.1) is 11.8 Å². The van der Waals surface area contributed by atoms with Crippen molar-refractivity contribution in [3.05, 3.63) is 59.1 Å². The van der Waals surface area contributed by atoms with Crippen LogP contribution in [-0.4, -0.2) is 20.5 Å². The maximum absolute atomic E-state index is 12.1. The second-order valence-electron chi connectivity index (χ2n) is 6.15. The van der Waals surface area contributed by atoms with Crippen LogP contribution in [0.3, 0.4) is 0 Å². The average molecular weight is 358 g/mol. The summed E-state index contributed by atoms with van der Waals surface area (Å²) in [4.78, 5) is 20.4. The number of carbonyl (C=O) groups excluding carboxylic acids is 1. The maximum atomic E-state index is 12.1. The number of nitrogens with zero attached hydrogens (tertiary/aromatic N) is 3. The molecule has 6 heteroatoms. The molecule has 0 radical (unpaired) electrons. The van der Waals surface area contributed by atoms with E-state index in [-0.39, 0.29) is 12.0 Å². The molecule has 0 aliphatic rings. The highest BCUT2D eigenvalue weighted by Crippen LogP contribution is 2.27. The fourth-order valence-electron chi connectivity index (χ4n) is 2.86. The molecule has 0 aliphatic heterocycles. The molecule has 2 heterocycles. The molecule has 25 heavy (non-hydrogen) atoms. The van der Waals surface area contributed by atoms with Gasteiger partial charge in [0.2, 0.25) is 0 Å². The third-order valence-corrected chi connectivity index (χ3v) is 4.31. The van der Waals surface area contributed by atoms with Crippen LogP contribution in [0.25, 0.3) is 11.0 Å². The molecule has 0 saturated carbocycles. The Morgan fingerprint density at radius 1 is 1.24 bits per heavy atom. The van der Waals surface area contributed by atoms with E-state index < -0.39 is 0 Å². The standard InChI is InChI=1S/C19H20ClN3O2/c1-13(2)23-15(10-16-18(20)21-12-22-19(16)23)8-9-17(24)25-11-14-6-4-3-5-7-14/h3-7,10,12-13H,8-9,11H2,1-2H3. The quantitative estimate of drug-likeness (QED) is 0.486. The zero-order chi connectivity index (χ0) is 17.8. The lowest BCUT2D eigenvalue weighted by molar-refractivity contribution is -0.144. The van der Waals surface area contributed by atoms with Crippen LogP contribution in [0.1, 0.15) is 37.6 Å². The van der Waals surface area contributed by atoms with E-state index in [9.17, 15) is 4.79 Å². The van der Waals surface area contributed by atoms with Crippen LogP contribution in [-0.2, 0) is 22.6 Å². The molecule has 0 unspecified atom stereocenters. The first kappa shape index (κ1) is 17.4. The topological polar surface area (TPSA) is 57.0 Å². The number of benzene rings is 1. The Labute approximate surface area is 151 Å². The first-order valence-electron chi connectivity index (χ1n) is 8.26. The van der Waals surface area contributed by atoms with Crippen molar-refractivity contribution in [2.75, 3.05) is 0 Å². The molecule has 0 amide bonds. The van der Waals surface area contributed by atoms with Crippen molar-refractivity contribution >= 4 is 28.6 Å². The summed E-state index contributed by atoms with van der Waals surface area (Å²) in [6, 6.07) is 11.8. The molecule has 0 bridgehead atoms. The lowest BCUT2D eigenvalue weighted by Gasteiger charge is -2.13. The number of hydrogen-bond acceptors (Lipinski definition) is 4. The molecule has 5 nitrogen and oxygen atoms in total. The number of hydrogen-bond donors (Lipinski definition) is 0. The minimum atomic E-state index is -0.221. The number of rotatable bonds is 6. The fourth-order valence-corrected chi connectivity index (χ4v) is 3.05. The number of esters is 1. The Morgan fingerprint density at radius 2 is 2.00 bits per heavy atom. The van der Waals surface area contributed by atoms with E-state index in [1.54, 1.807) is 0 Å². The van der Waals surface area contributed by atoms with E-state index in [1.165, 1.54) is 6.33 Å². The van der Waals surface area contributed by atoms with Gasteiger partial charge in [0, 0.05) is 11.7 Å². The number of aromatic nitrogens is 3. The van der Waals surface area contributed by atoms with Crippen molar-refractivity contribution in [2.45, 2.75) is 39.3 Å². The Balaban J connectivity index is 1.69. The summed E-state index contributed by atoms with van der Waals surface area (Å²) in [5.41, 5.74) is 2.78. The van der Waals surface area contributed by atoms with E-state index in [1.807, 2.05) is 36.4 Å². The Hall–Kier alpha value is -2.40. The minimum Gasteiger partial charge on any atom is -0.461 e. The van der Waals surface area contributed by atoms with Crippen LogP contribution >= 0.6 is 11.6 Å². The van der Waals surface area contributed by atoms with Gasteiger partial charge in [-0.2, -0.15) is 0 Å². The van der Waals surface area contributed by atoms with Gasteiger partial charge in [-0.3, -0.25) is 4.79 Å². The zero-order valence-electron chi connectivity index (χ0n) is 14.3. The van der Waals surface area contributed by atoms with E-state index >= 15 is 0 Å². The van der Waals surface area contributed by atoms with Crippen molar-refractivity contribution in [3.8, 4) is 0 Å². The summed E-state index contributed by atoms with van der Waals surface area (Å²) in [5, 5.41) is 1.24. The number of aryl methyl sites for hydroxylation is 1. The first-order valence-corrected chi connectivity index (χ1v) is 8.64. The Kier molecular flexibility index (Phi) is 5.34. The van der Waals surface area contributed by atoms with Gasteiger partial charge in [-0.1, -0.05) is 41.9 Å². The summed E-state index contributed by atoms with van der Waals surface area (Å²) < 4.78 is 7.44. The van der Waals surface area contributed by atoms with Crippen molar-refractivity contribution in [1.82, 2.24) is 14.5 Å². The normalized spacial score (nSPS) is 11.2. The van der Waals surface area contributed by atoms with Gasteiger partial charge in [-0.05, 0) is 31.9 Å². The third kappa shape index (κ3) is 3.99. The van der Waals surface area contributed by atoms with Crippen molar-refractivity contribution in [3.63, 3.8) is 0 Å². The molecule has 0 aliphatic carbocycles. The lowest BCUT2D eigenvalue weighted by Crippen LogP contribution is -2.10. The Bertz CT molecular complexity index is 875. The highest BCUT2D eigenvalue weighted by molar-refractivity contribution is 6.33. The van der Waals surface area contributed by atoms with E-state index in [0.717, 1.165) is 22.3 Å². The van der Waals surface area contributed by atoms with Crippen molar-refractivity contribution < 1.29 is 9.53 Å². The summed E-state index contributed by atoms with van der Waals surface area (Å²) in [5.74, 6) is -0.221. The predicted octanol–water partition coefficient (Wildman–Crippen LogP) is 4.34. The molecule has 0 spiro atoms. The van der Waals surface area contributed by atoms with Gasteiger partial charge in [-0.25, -0.2) is 9.97 Å². The zero-order valence-corrected chi connectivity index (χ0v) is 15.0. The van der Waals surface area contributed by atoms with E-state index in [4.69, 9.17) is 16.3 Å². The first-order chi connectivity index (χ1) is 12.1. The molecule has 0 saturated heterocycles. The smallest absolute Gasteiger partial charge is 0.306 e. The molecular formula is C19H20ClN3O2. The van der Waals surface area contributed by atoms with Crippen LogP contribution in [0.2, 0.25) is 5.15 Å². The van der Waals surface area contributed by atoms with E-state index in [0.29, 0.717) is 24.6 Å². The van der Waals surface area contributed by atoms with Gasteiger partial charge in [-0.15, -0.1) is 0 Å². The summed E-state index contributed by atoms with van der Waals surface area (Å²) in [7, 11) is 0. The highest BCUT2D eigenvalue weighted by atomic mass is 35.5. The monoisotopic (exact) mass is 357 g/mol. The second-order valence-corrected chi connectivity index (χ2v) is 6.51. The largest absolute Gasteiger partial charge is 0.461 e. The van der Waals surface area contributed by atoms with Crippen LogP contribution in [0.15, 0.2) is 42.7 Å². The van der Waals surface area contributed by atoms with Crippen molar-refractivity contribution in [2.24, 2.45) is 0 Å². The number of halogens is 1. The maximum Gasteiger partial charge on any atom is 0.306 e. The van der Waals surface area contributed by atoms with Crippen LogP contribution in [0, 0.1) is 0 Å². The molecule has 3 aromatic rings. The fraction of sp³-hybridized carbons (Fsp3) is 0.316. The van der Waals surface area contributed by atoms with E-state index in [2.05, 4.69) is 28.4 Å². The van der Waals surface area contributed by atoms with Crippen LogP contribution < -0.4 is 0 Å². The molecule has 2 aromatic heterocycles. The van der Waals surface area contributed by atoms with Gasteiger partial charge in [0.25, 0.3) is 0 Å². The summed E-state index contributed by atoms with van der Waals surface area (Å²) >= 11 is 6.17. The molecule has 0 N–H and O–H groups in total. The van der Waals surface area contributed by atoms with Crippen molar-refractivity contribution in [1.29, 1.82) is 0 Å². The molecule has 130 valence electrons. The molecule has 0 fully saturated rings. The average Bonchev–Trinajstić information content (AvgIpc) is 2.99. The summed E-state index contributed by atoms with van der Waals surface area (Å²) in [6.45, 7) is 4.45. The van der Waals surface area contributed by atoms with Gasteiger partial charge >= 0.3 is 5.97 Å². The minimum absolute atomic E-state index is 0.207. The van der Waals surface area contributed by atoms with Crippen LogP contribution in [0.5, 0.6) is 0 Å². The molecule has 3 rings (SSSR count).